The average molecular weight is 389 g/mol. The average Bonchev–Trinajstić information content (AvgIpc) is 2.74. The molecule has 1 aliphatic carbocycles. The van der Waals surface area contributed by atoms with E-state index in [0.29, 0.717) is 12.5 Å². The zero-order chi connectivity index (χ0) is 17.2. The molecule has 1 nitrogen and oxygen atoms in total. The Bertz CT molecular complexity index is 180. The molecule has 0 aliphatic heterocycles. The molecule has 1 rings (SSSR count). The monoisotopic (exact) mass is 389 g/mol. The van der Waals surface area contributed by atoms with Gasteiger partial charge in [0.05, 0.1) is 0 Å². The summed E-state index contributed by atoms with van der Waals surface area (Å²) in [5, 5.41) is 8.21. The van der Waals surface area contributed by atoms with Crippen LogP contribution in [-0.4, -0.2) is 84.9 Å². The molecule has 0 bridgehead atoms. The minimum atomic E-state index is -6.00. The Morgan fingerprint density at radius 1 is 0.636 bits per heavy atom. The van der Waals surface area contributed by atoms with Crippen molar-refractivity contribution in [2.75, 3.05) is 6.61 Å². The molecule has 136 valence electrons. The van der Waals surface area contributed by atoms with Crippen molar-refractivity contribution in [3.63, 3.8) is 0 Å². The molecule has 0 aromatic rings. The summed E-state index contributed by atoms with van der Waals surface area (Å²) >= 11 is 0. The Hall–Kier alpha value is 0.951. The summed E-state index contributed by atoms with van der Waals surface area (Å²) in [5.41, 5.74) is 0. The van der Waals surface area contributed by atoms with Crippen LogP contribution in [0.5, 0.6) is 0 Å². The van der Waals surface area contributed by atoms with E-state index in [-0.39, 0.29) is 58.8 Å². The predicted molar refractivity (Wildman–Crippen MR) is 64.2 cm³/mol. The molecular weight excluding hydrogens is 376 g/mol. The van der Waals surface area contributed by atoms with E-state index < -0.39 is 21.8 Å². The van der Waals surface area contributed by atoms with Crippen LogP contribution in [0.15, 0.2) is 0 Å². The van der Waals surface area contributed by atoms with E-state index in [0.717, 1.165) is 0 Å². The molecule has 0 aromatic carbocycles. The normalized spacial score (nSPS) is 13.5. The second-order valence-electron chi connectivity index (χ2n) is 3.11. The second kappa shape index (κ2) is 15.5. The molecular formula is C5H13B3F12KO-3. The van der Waals surface area contributed by atoms with E-state index in [4.69, 9.17) is 5.11 Å². The van der Waals surface area contributed by atoms with Crippen LogP contribution >= 0.6 is 0 Å². The van der Waals surface area contributed by atoms with Crippen molar-refractivity contribution in [2.45, 2.75) is 20.3 Å². The molecule has 17 heteroatoms. The molecule has 1 fully saturated rings. The number of hydrogen-bond acceptors (Lipinski definition) is 1. The standard InChI is InChI=1S/C4H8O.CH4.3BF4.K.H/c5-3-4-1-2-4;;3*2-1(3,4)5;;/h4-5H,1-3H2;1H4;;;;;/q;;3*-1;;. The third-order valence-corrected chi connectivity index (χ3v) is 0.955. The quantitative estimate of drug-likeness (QED) is 0.525. The van der Waals surface area contributed by atoms with Gasteiger partial charge >= 0.3 is 73.1 Å². The van der Waals surface area contributed by atoms with Gasteiger partial charge in [-0.3, -0.25) is 0 Å². The summed E-state index contributed by atoms with van der Waals surface area (Å²) in [6.07, 6.45) is 2.52. The molecule has 0 aromatic heterocycles. The number of halogens is 12. The van der Waals surface area contributed by atoms with E-state index in [9.17, 15) is 51.8 Å². The van der Waals surface area contributed by atoms with Crippen LogP contribution < -0.4 is 0 Å². The molecule has 0 radical (unpaired) electrons. The van der Waals surface area contributed by atoms with Crippen molar-refractivity contribution in [3.8, 4) is 0 Å². The Morgan fingerprint density at radius 2 is 0.773 bits per heavy atom. The molecule has 0 atom stereocenters. The van der Waals surface area contributed by atoms with Gasteiger partial charge in [-0.15, -0.1) is 0 Å². The van der Waals surface area contributed by atoms with Gasteiger partial charge in [0.15, 0.2) is 0 Å². The Labute approximate surface area is 161 Å². The fraction of sp³-hybridized carbons (Fsp3) is 1.00. The maximum absolute atomic E-state index is 9.75. The fourth-order valence-electron chi connectivity index (χ4n) is 0.300. The van der Waals surface area contributed by atoms with Gasteiger partial charge in [0.1, 0.15) is 0 Å². The number of rotatable bonds is 1. The first kappa shape index (κ1) is 34.3. The molecule has 1 aliphatic rings. The van der Waals surface area contributed by atoms with E-state index in [1.165, 1.54) is 12.8 Å². The number of hydrogen-bond donors (Lipinski definition) is 1. The third-order valence-electron chi connectivity index (χ3n) is 0.955. The van der Waals surface area contributed by atoms with Gasteiger partial charge < -0.3 is 56.9 Å². The first-order valence-corrected chi connectivity index (χ1v) is 4.66. The number of aliphatic hydroxyl groups is 1. The van der Waals surface area contributed by atoms with E-state index >= 15 is 0 Å². The first-order chi connectivity index (χ1) is 8.43. The summed E-state index contributed by atoms with van der Waals surface area (Å²) in [7, 11) is -18.0. The van der Waals surface area contributed by atoms with Crippen LogP contribution in [0.3, 0.4) is 0 Å². The van der Waals surface area contributed by atoms with Crippen molar-refractivity contribution in [1.82, 2.24) is 0 Å². The summed E-state index contributed by atoms with van der Waals surface area (Å²) in [6, 6.07) is 0. The SMILES string of the molecule is C.F[B-](F)(F)F.F[B-](F)(F)F.F[B-](F)(F)F.OCC1CC1.[KH]. The van der Waals surface area contributed by atoms with Gasteiger partial charge in [-0.2, -0.15) is 0 Å². The molecule has 0 spiro atoms. The van der Waals surface area contributed by atoms with Crippen molar-refractivity contribution in [1.29, 1.82) is 0 Å². The predicted octanol–water partition coefficient (Wildman–Crippen LogP) is 4.28. The fourth-order valence-corrected chi connectivity index (χ4v) is 0.300. The van der Waals surface area contributed by atoms with Gasteiger partial charge in [-0.1, -0.05) is 7.43 Å². The van der Waals surface area contributed by atoms with Crippen LogP contribution in [0.25, 0.3) is 0 Å². The van der Waals surface area contributed by atoms with Crippen LogP contribution in [0, 0.1) is 5.92 Å². The summed E-state index contributed by atoms with van der Waals surface area (Å²) in [6.45, 7) is 0.417. The van der Waals surface area contributed by atoms with Crippen molar-refractivity contribution >= 4 is 73.1 Å². The van der Waals surface area contributed by atoms with Crippen LogP contribution in [0.1, 0.15) is 20.3 Å². The second-order valence-corrected chi connectivity index (χ2v) is 3.11. The molecule has 22 heavy (non-hydrogen) atoms. The molecule has 1 saturated carbocycles. The summed E-state index contributed by atoms with van der Waals surface area (Å²) < 4.78 is 117. The molecule has 0 amide bonds. The minimum absolute atomic E-state index is 0. The number of aliphatic hydroxyl groups excluding tert-OH is 1. The Balaban J connectivity index is -0.0000000567. The van der Waals surface area contributed by atoms with Gasteiger partial charge in [-0.05, 0) is 18.8 Å². The molecule has 0 saturated heterocycles. The van der Waals surface area contributed by atoms with E-state index in [1.807, 2.05) is 0 Å². The molecule has 0 heterocycles. The Morgan fingerprint density at radius 3 is 0.773 bits per heavy atom. The van der Waals surface area contributed by atoms with Gasteiger partial charge in [0, 0.05) is 6.61 Å². The third kappa shape index (κ3) is 235. The first-order valence-electron chi connectivity index (χ1n) is 4.66. The van der Waals surface area contributed by atoms with Gasteiger partial charge in [-0.25, -0.2) is 0 Å². The van der Waals surface area contributed by atoms with Crippen molar-refractivity contribution < 1.29 is 56.9 Å². The van der Waals surface area contributed by atoms with Crippen LogP contribution in [0.4, 0.5) is 51.8 Å². The Kier molecular flexibility index (Phi) is 24.1. The molecule has 0 unspecified atom stereocenters. The van der Waals surface area contributed by atoms with Crippen molar-refractivity contribution in [3.05, 3.63) is 0 Å². The zero-order valence-electron chi connectivity index (χ0n) is 9.41. The van der Waals surface area contributed by atoms with Crippen LogP contribution in [0.2, 0.25) is 0 Å². The molecule has 1 N–H and O–H groups in total. The summed E-state index contributed by atoms with van der Waals surface area (Å²) in [4.78, 5) is 0. The topological polar surface area (TPSA) is 20.2 Å². The zero-order valence-corrected chi connectivity index (χ0v) is 9.41. The summed E-state index contributed by atoms with van der Waals surface area (Å²) in [5.74, 6) is 0.690. The maximum atomic E-state index is 9.75. The van der Waals surface area contributed by atoms with E-state index in [1.54, 1.807) is 0 Å². The van der Waals surface area contributed by atoms with Gasteiger partial charge in [0.2, 0.25) is 0 Å². The van der Waals surface area contributed by atoms with Gasteiger partial charge in [0.25, 0.3) is 0 Å². The van der Waals surface area contributed by atoms with E-state index in [2.05, 4.69) is 0 Å². The van der Waals surface area contributed by atoms with Crippen LogP contribution in [-0.2, 0) is 0 Å². The van der Waals surface area contributed by atoms with Crippen molar-refractivity contribution in [2.24, 2.45) is 5.92 Å².